The Balaban J connectivity index is 1.46. The van der Waals surface area contributed by atoms with E-state index < -0.39 is 6.23 Å². The SMILES string of the molecule is C=CC(O)N1CCC(c2cc(-c3ccc(Oc4ccccc4)cc3)cc3cncnc23)C1. The predicted octanol–water partition coefficient (Wildman–Crippen LogP) is 5.38. The van der Waals surface area contributed by atoms with Crippen molar-refractivity contribution in [3.8, 4) is 22.6 Å². The molecule has 0 spiro atoms. The van der Waals surface area contributed by atoms with Gasteiger partial charge >= 0.3 is 0 Å². The standard InChI is InChI=1S/C27H25N3O2/c1-2-26(31)30-13-12-20(17-30)25-15-21(14-22-16-28-18-29-27(22)25)19-8-10-24(11-9-19)32-23-6-4-3-5-7-23/h2-11,14-16,18,20,26,31H,1,12-13,17H2. The van der Waals surface area contributed by atoms with Crippen molar-refractivity contribution in [3.05, 3.63) is 97.5 Å². The summed E-state index contributed by atoms with van der Waals surface area (Å²) in [6, 6.07) is 22.3. The minimum absolute atomic E-state index is 0.294. The lowest BCUT2D eigenvalue weighted by Crippen LogP contribution is -2.31. The maximum absolute atomic E-state index is 10.2. The van der Waals surface area contributed by atoms with Gasteiger partial charge in [-0.3, -0.25) is 4.90 Å². The Hall–Kier alpha value is -3.54. The van der Waals surface area contributed by atoms with Crippen molar-refractivity contribution in [2.24, 2.45) is 0 Å². The number of hydrogen-bond acceptors (Lipinski definition) is 5. The summed E-state index contributed by atoms with van der Waals surface area (Å²) in [5, 5.41) is 11.2. The summed E-state index contributed by atoms with van der Waals surface area (Å²) in [7, 11) is 0. The molecule has 0 saturated carbocycles. The molecule has 32 heavy (non-hydrogen) atoms. The maximum Gasteiger partial charge on any atom is 0.127 e. The van der Waals surface area contributed by atoms with E-state index in [0.717, 1.165) is 53.0 Å². The van der Waals surface area contributed by atoms with Crippen LogP contribution in [0.15, 0.2) is 91.9 Å². The summed E-state index contributed by atoms with van der Waals surface area (Å²) in [6.45, 7) is 5.33. The second kappa shape index (κ2) is 8.91. The summed E-state index contributed by atoms with van der Waals surface area (Å²) in [5.41, 5.74) is 4.41. The third-order valence-electron chi connectivity index (χ3n) is 6.05. The van der Waals surface area contributed by atoms with E-state index in [-0.39, 0.29) is 0 Å². The molecule has 1 saturated heterocycles. The van der Waals surface area contributed by atoms with Crippen molar-refractivity contribution < 1.29 is 9.84 Å². The van der Waals surface area contributed by atoms with Gasteiger partial charge in [-0.2, -0.15) is 0 Å². The number of para-hydroxylation sites is 1. The number of rotatable bonds is 6. The van der Waals surface area contributed by atoms with Gasteiger partial charge in [0.1, 0.15) is 24.1 Å². The molecule has 160 valence electrons. The Morgan fingerprint density at radius 1 is 1.03 bits per heavy atom. The second-order valence-corrected chi connectivity index (χ2v) is 8.10. The van der Waals surface area contributed by atoms with Crippen molar-refractivity contribution in [1.29, 1.82) is 0 Å². The molecular formula is C27H25N3O2. The average Bonchev–Trinajstić information content (AvgIpc) is 3.34. The van der Waals surface area contributed by atoms with Gasteiger partial charge in [0.05, 0.1) is 5.52 Å². The number of ether oxygens (including phenoxy) is 1. The van der Waals surface area contributed by atoms with Gasteiger partial charge in [0.2, 0.25) is 0 Å². The number of hydrogen-bond donors (Lipinski definition) is 1. The Kier molecular flexibility index (Phi) is 5.67. The normalized spacial score (nSPS) is 17.3. The van der Waals surface area contributed by atoms with E-state index in [1.54, 1.807) is 12.4 Å². The van der Waals surface area contributed by atoms with E-state index in [1.165, 1.54) is 5.56 Å². The summed E-state index contributed by atoms with van der Waals surface area (Å²) >= 11 is 0. The smallest absolute Gasteiger partial charge is 0.127 e. The number of nitrogens with zero attached hydrogens (tertiary/aromatic N) is 3. The molecule has 3 aromatic carbocycles. The lowest BCUT2D eigenvalue weighted by molar-refractivity contribution is 0.0605. The van der Waals surface area contributed by atoms with Crippen LogP contribution in [-0.2, 0) is 0 Å². The number of aromatic nitrogens is 2. The van der Waals surface area contributed by atoms with E-state index >= 15 is 0 Å². The fourth-order valence-electron chi connectivity index (χ4n) is 4.38. The molecule has 0 aliphatic carbocycles. The summed E-state index contributed by atoms with van der Waals surface area (Å²) in [6.07, 6.45) is 5.41. The van der Waals surface area contributed by atoms with Crippen molar-refractivity contribution in [3.63, 3.8) is 0 Å². The van der Waals surface area contributed by atoms with Crippen LogP contribution in [0, 0.1) is 0 Å². The van der Waals surface area contributed by atoms with Crippen LogP contribution in [0.25, 0.3) is 22.0 Å². The summed E-state index contributed by atoms with van der Waals surface area (Å²) in [5.74, 6) is 1.91. The zero-order valence-corrected chi connectivity index (χ0v) is 17.8. The minimum Gasteiger partial charge on any atom is -0.457 e. The minimum atomic E-state index is -0.610. The zero-order valence-electron chi connectivity index (χ0n) is 17.8. The molecular weight excluding hydrogens is 398 g/mol. The van der Waals surface area contributed by atoms with Gasteiger partial charge in [0.15, 0.2) is 0 Å². The molecule has 1 N–H and O–H groups in total. The van der Waals surface area contributed by atoms with Gasteiger partial charge in [-0.25, -0.2) is 9.97 Å². The highest BCUT2D eigenvalue weighted by Gasteiger charge is 2.28. The number of likely N-dealkylation sites (tertiary alicyclic amines) is 1. The molecule has 5 rings (SSSR count). The van der Waals surface area contributed by atoms with Crippen LogP contribution < -0.4 is 4.74 Å². The maximum atomic E-state index is 10.2. The third-order valence-corrected chi connectivity index (χ3v) is 6.05. The quantitative estimate of drug-likeness (QED) is 0.422. The first-order chi connectivity index (χ1) is 15.7. The van der Waals surface area contributed by atoms with Gasteiger partial charge in [0, 0.05) is 30.6 Å². The highest BCUT2D eigenvalue weighted by atomic mass is 16.5. The number of benzene rings is 3. The molecule has 1 fully saturated rings. The molecule has 2 atom stereocenters. The molecule has 5 heteroatoms. The van der Waals surface area contributed by atoms with E-state index in [9.17, 15) is 5.11 Å². The Labute approximate surface area is 187 Å². The lowest BCUT2D eigenvalue weighted by atomic mass is 9.92. The zero-order chi connectivity index (χ0) is 21.9. The first kappa shape index (κ1) is 20.4. The molecule has 4 aromatic rings. The topological polar surface area (TPSA) is 58.5 Å². The van der Waals surface area contributed by atoms with Gasteiger partial charge in [-0.15, -0.1) is 0 Å². The van der Waals surface area contributed by atoms with Crippen LogP contribution in [0.3, 0.4) is 0 Å². The summed E-state index contributed by atoms with van der Waals surface area (Å²) in [4.78, 5) is 10.9. The first-order valence-electron chi connectivity index (χ1n) is 10.8. The molecule has 0 amide bonds. The highest BCUT2D eigenvalue weighted by Crippen LogP contribution is 2.36. The van der Waals surface area contributed by atoms with Gasteiger partial charge in [0.25, 0.3) is 0 Å². The summed E-state index contributed by atoms with van der Waals surface area (Å²) < 4.78 is 5.93. The molecule has 0 bridgehead atoms. The van der Waals surface area contributed by atoms with Crippen LogP contribution in [0.5, 0.6) is 11.5 Å². The van der Waals surface area contributed by atoms with Crippen LogP contribution in [-0.4, -0.2) is 39.3 Å². The van der Waals surface area contributed by atoms with E-state index in [4.69, 9.17) is 4.74 Å². The Morgan fingerprint density at radius 2 is 1.81 bits per heavy atom. The monoisotopic (exact) mass is 423 g/mol. The molecule has 2 heterocycles. The van der Waals surface area contributed by atoms with E-state index in [1.807, 2.05) is 53.6 Å². The molecule has 2 unspecified atom stereocenters. The molecule has 1 aliphatic rings. The average molecular weight is 424 g/mol. The van der Waals surface area contributed by atoms with Gasteiger partial charge in [-0.1, -0.05) is 36.9 Å². The molecule has 1 aromatic heterocycles. The Bertz CT molecular complexity index is 1220. The molecule has 5 nitrogen and oxygen atoms in total. The highest BCUT2D eigenvalue weighted by molar-refractivity contribution is 5.87. The lowest BCUT2D eigenvalue weighted by Gasteiger charge is -2.20. The fourth-order valence-corrected chi connectivity index (χ4v) is 4.38. The largest absolute Gasteiger partial charge is 0.457 e. The Morgan fingerprint density at radius 3 is 2.59 bits per heavy atom. The fraction of sp³-hybridized carbons (Fsp3) is 0.185. The van der Waals surface area contributed by atoms with Crippen LogP contribution in [0.1, 0.15) is 17.9 Å². The predicted molar refractivity (Wildman–Crippen MR) is 127 cm³/mol. The van der Waals surface area contributed by atoms with Gasteiger partial charge in [-0.05, 0) is 65.6 Å². The van der Waals surface area contributed by atoms with Crippen molar-refractivity contribution in [2.45, 2.75) is 18.6 Å². The first-order valence-corrected chi connectivity index (χ1v) is 10.8. The van der Waals surface area contributed by atoms with Crippen molar-refractivity contribution in [2.75, 3.05) is 13.1 Å². The van der Waals surface area contributed by atoms with Crippen molar-refractivity contribution in [1.82, 2.24) is 14.9 Å². The number of aliphatic hydroxyl groups is 1. The third kappa shape index (κ3) is 4.13. The number of fused-ring (bicyclic) bond motifs is 1. The van der Waals surface area contributed by atoms with E-state index in [2.05, 4.69) is 40.8 Å². The van der Waals surface area contributed by atoms with Crippen LogP contribution >= 0.6 is 0 Å². The van der Waals surface area contributed by atoms with E-state index in [0.29, 0.717) is 5.92 Å². The molecule has 0 radical (unpaired) electrons. The molecule has 1 aliphatic heterocycles. The second-order valence-electron chi connectivity index (χ2n) is 8.10. The van der Waals surface area contributed by atoms with Crippen LogP contribution in [0.2, 0.25) is 0 Å². The number of aliphatic hydroxyl groups excluding tert-OH is 1. The van der Waals surface area contributed by atoms with Crippen molar-refractivity contribution >= 4 is 10.9 Å². The van der Waals surface area contributed by atoms with Crippen LogP contribution in [0.4, 0.5) is 0 Å². The van der Waals surface area contributed by atoms with Gasteiger partial charge < -0.3 is 9.84 Å².